The first-order valence-corrected chi connectivity index (χ1v) is 6.87. The molecule has 0 saturated carbocycles. The molecule has 0 fully saturated rings. The van der Waals surface area contributed by atoms with Gasteiger partial charge in [0, 0.05) is 17.6 Å². The molecule has 0 atom stereocenters. The van der Waals surface area contributed by atoms with Crippen LogP contribution in [0.3, 0.4) is 0 Å². The molecule has 0 heterocycles. The van der Waals surface area contributed by atoms with Crippen molar-refractivity contribution in [2.75, 3.05) is 30.8 Å². The second-order valence-corrected chi connectivity index (χ2v) is 5.00. The topological polar surface area (TPSA) is 32.3 Å². The Balaban J connectivity index is 2.62. The van der Waals surface area contributed by atoms with E-state index in [1.807, 2.05) is 26.1 Å². The molecule has 0 aliphatic carbocycles. The summed E-state index contributed by atoms with van der Waals surface area (Å²) < 4.78 is 0. The lowest BCUT2D eigenvalue weighted by Crippen LogP contribution is -2.35. The van der Waals surface area contributed by atoms with Crippen molar-refractivity contribution >= 4 is 23.4 Å². The summed E-state index contributed by atoms with van der Waals surface area (Å²) in [5.41, 5.74) is 0.938. The van der Waals surface area contributed by atoms with Crippen molar-refractivity contribution in [1.82, 2.24) is 5.32 Å². The van der Waals surface area contributed by atoms with E-state index in [0.29, 0.717) is 6.54 Å². The maximum Gasteiger partial charge on any atom is 0.240 e. The van der Waals surface area contributed by atoms with Gasteiger partial charge in [-0.25, -0.2) is 0 Å². The predicted octanol–water partition coefficient (Wildman–Crippen LogP) is 2.37. The highest BCUT2D eigenvalue weighted by Gasteiger charge is 2.09. The van der Waals surface area contributed by atoms with Crippen molar-refractivity contribution in [2.24, 2.45) is 0 Å². The lowest BCUT2D eigenvalue weighted by Gasteiger charge is -2.17. The van der Waals surface area contributed by atoms with Gasteiger partial charge >= 0.3 is 0 Å². The fourth-order valence-electron chi connectivity index (χ4n) is 1.43. The first-order valence-electron chi connectivity index (χ1n) is 5.89. The minimum Gasteiger partial charge on any atom is -0.314 e. The van der Waals surface area contributed by atoms with Crippen LogP contribution in [0.2, 0.25) is 0 Å². The molecule has 0 aromatic heterocycles. The average molecular weight is 252 g/mol. The van der Waals surface area contributed by atoms with Crippen LogP contribution in [0.1, 0.15) is 13.8 Å². The van der Waals surface area contributed by atoms with Gasteiger partial charge in [0.05, 0.1) is 6.54 Å². The summed E-state index contributed by atoms with van der Waals surface area (Å²) >= 11 is 1.80. The Morgan fingerprint density at radius 2 is 1.94 bits per heavy atom. The van der Waals surface area contributed by atoms with Crippen molar-refractivity contribution < 1.29 is 4.79 Å². The molecule has 1 rings (SSSR count). The fraction of sp³-hybridized carbons (Fsp3) is 0.462. The maximum atomic E-state index is 11.8. The van der Waals surface area contributed by atoms with Gasteiger partial charge in [-0.1, -0.05) is 13.8 Å². The van der Waals surface area contributed by atoms with E-state index in [1.165, 1.54) is 4.90 Å². The number of benzene rings is 1. The zero-order chi connectivity index (χ0) is 12.7. The van der Waals surface area contributed by atoms with E-state index in [4.69, 9.17) is 0 Å². The highest BCUT2D eigenvalue weighted by atomic mass is 32.2. The van der Waals surface area contributed by atoms with Crippen LogP contribution < -0.4 is 10.2 Å². The minimum atomic E-state index is 0.0859. The lowest BCUT2D eigenvalue weighted by atomic mass is 10.3. The first kappa shape index (κ1) is 14.1. The van der Waals surface area contributed by atoms with E-state index in [9.17, 15) is 4.79 Å². The summed E-state index contributed by atoms with van der Waals surface area (Å²) in [6.45, 7) is 5.32. The number of nitrogens with one attached hydrogen (secondary N) is 1. The van der Waals surface area contributed by atoms with Crippen LogP contribution in [0.25, 0.3) is 0 Å². The Morgan fingerprint density at radius 1 is 1.29 bits per heavy atom. The van der Waals surface area contributed by atoms with Gasteiger partial charge in [-0.05, 0) is 36.6 Å². The van der Waals surface area contributed by atoms with E-state index >= 15 is 0 Å². The zero-order valence-corrected chi connectivity index (χ0v) is 11.5. The third kappa shape index (κ3) is 4.40. The highest BCUT2D eigenvalue weighted by Crippen LogP contribution is 2.21. The Bertz CT molecular complexity index is 351. The molecule has 0 aliphatic rings. The summed E-state index contributed by atoms with van der Waals surface area (Å²) in [6, 6.07) is 8.09. The number of nitrogens with zero attached hydrogens (tertiary/aromatic N) is 1. The number of anilines is 1. The molecule has 3 nitrogen and oxygen atoms in total. The van der Waals surface area contributed by atoms with Crippen LogP contribution in [0, 0.1) is 0 Å². The van der Waals surface area contributed by atoms with Gasteiger partial charge in [0.1, 0.15) is 0 Å². The third-order valence-corrected chi connectivity index (χ3v) is 3.33. The predicted molar refractivity (Wildman–Crippen MR) is 74.8 cm³/mol. The molecule has 4 heteroatoms. The second kappa shape index (κ2) is 7.35. The largest absolute Gasteiger partial charge is 0.314 e. The number of carbonyl (C=O) groups excluding carboxylic acids is 1. The number of likely N-dealkylation sites (N-methyl/N-ethyl adjacent to an activating group) is 2. The van der Waals surface area contributed by atoms with Crippen molar-refractivity contribution in [3.05, 3.63) is 24.3 Å². The molecular formula is C13H20N2OS. The van der Waals surface area contributed by atoms with Crippen molar-refractivity contribution in [2.45, 2.75) is 18.7 Å². The Morgan fingerprint density at radius 3 is 2.47 bits per heavy atom. The summed E-state index contributed by atoms with van der Waals surface area (Å²) in [6.07, 6.45) is 0. The van der Waals surface area contributed by atoms with Gasteiger partial charge in [-0.3, -0.25) is 4.79 Å². The summed E-state index contributed by atoms with van der Waals surface area (Å²) in [5.74, 6) is 1.15. The van der Waals surface area contributed by atoms with E-state index in [0.717, 1.165) is 18.0 Å². The van der Waals surface area contributed by atoms with Gasteiger partial charge in [-0.15, -0.1) is 11.8 Å². The fourth-order valence-corrected chi connectivity index (χ4v) is 2.09. The van der Waals surface area contributed by atoms with Gasteiger partial charge in [0.25, 0.3) is 0 Å². The smallest absolute Gasteiger partial charge is 0.240 e. The lowest BCUT2D eigenvalue weighted by molar-refractivity contribution is -0.117. The van der Waals surface area contributed by atoms with Crippen molar-refractivity contribution in [3.63, 3.8) is 0 Å². The number of thioether (sulfide) groups is 1. The van der Waals surface area contributed by atoms with Crippen molar-refractivity contribution in [3.8, 4) is 0 Å². The molecule has 0 spiro atoms. The standard InChI is InChI=1S/C13H20N2OS/c1-4-14-10-13(16)15(3)11-6-8-12(9-7-11)17-5-2/h6-9,14H,4-5,10H2,1-3H3. The Labute approximate surface area is 108 Å². The first-order chi connectivity index (χ1) is 8.19. The molecule has 1 aromatic carbocycles. The normalized spacial score (nSPS) is 10.3. The van der Waals surface area contributed by atoms with E-state index < -0.39 is 0 Å². The van der Waals surface area contributed by atoms with Crippen LogP contribution in [-0.4, -0.2) is 31.8 Å². The van der Waals surface area contributed by atoms with Crippen LogP contribution in [0.4, 0.5) is 5.69 Å². The molecular weight excluding hydrogens is 232 g/mol. The molecule has 0 bridgehead atoms. The third-order valence-electron chi connectivity index (χ3n) is 2.44. The summed E-state index contributed by atoms with van der Waals surface area (Å²) in [4.78, 5) is 14.7. The monoisotopic (exact) mass is 252 g/mol. The van der Waals surface area contributed by atoms with Crippen LogP contribution >= 0.6 is 11.8 Å². The molecule has 0 aliphatic heterocycles. The van der Waals surface area contributed by atoms with Gasteiger partial charge in [0.2, 0.25) is 5.91 Å². The molecule has 94 valence electrons. The molecule has 17 heavy (non-hydrogen) atoms. The van der Waals surface area contributed by atoms with Crippen LogP contribution in [0.15, 0.2) is 29.2 Å². The van der Waals surface area contributed by atoms with Crippen LogP contribution in [-0.2, 0) is 4.79 Å². The average Bonchev–Trinajstić information content (AvgIpc) is 2.36. The Hall–Kier alpha value is -1.00. The van der Waals surface area contributed by atoms with E-state index in [1.54, 1.807) is 16.7 Å². The highest BCUT2D eigenvalue weighted by molar-refractivity contribution is 7.99. The number of rotatable bonds is 6. The number of hydrogen-bond acceptors (Lipinski definition) is 3. The minimum absolute atomic E-state index is 0.0859. The van der Waals surface area contributed by atoms with Crippen molar-refractivity contribution in [1.29, 1.82) is 0 Å². The molecule has 1 N–H and O–H groups in total. The maximum absolute atomic E-state index is 11.8. The van der Waals surface area contributed by atoms with Crippen LogP contribution in [0.5, 0.6) is 0 Å². The summed E-state index contributed by atoms with van der Waals surface area (Å²) in [7, 11) is 1.81. The van der Waals surface area contributed by atoms with E-state index in [-0.39, 0.29) is 5.91 Å². The second-order valence-electron chi connectivity index (χ2n) is 3.66. The molecule has 1 aromatic rings. The zero-order valence-electron chi connectivity index (χ0n) is 10.7. The molecule has 0 unspecified atom stereocenters. The number of carbonyl (C=O) groups is 1. The number of amides is 1. The molecule has 0 radical (unpaired) electrons. The SMILES string of the molecule is CCNCC(=O)N(C)c1ccc(SCC)cc1. The van der Waals surface area contributed by atoms with E-state index in [2.05, 4.69) is 24.4 Å². The van der Waals surface area contributed by atoms with Gasteiger partial charge in [-0.2, -0.15) is 0 Å². The van der Waals surface area contributed by atoms with Gasteiger partial charge in [0.15, 0.2) is 0 Å². The number of hydrogen-bond donors (Lipinski definition) is 1. The summed E-state index contributed by atoms with van der Waals surface area (Å²) in [5, 5.41) is 3.04. The molecule has 1 amide bonds. The Kier molecular flexibility index (Phi) is 6.08. The van der Waals surface area contributed by atoms with Gasteiger partial charge < -0.3 is 10.2 Å². The quantitative estimate of drug-likeness (QED) is 0.789. The molecule has 0 saturated heterocycles.